The van der Waals surface area contributed by atoms with Crippen molar-refractivity contribution in [3.8, 4) is 5.75 Å². The molecule has 4 nitrogen and oxygen atoms in total. The SMILES string of the molecule is O=C(CCOCC(F)(F)F)Nc1ccccc1OC(F)(F)F. The Balaban J connectivity index is 2.51. The van der Waals surface area contributed by atoms with Crippen LogP contribution in [0.2, 0.25) is 0 Å². The molecule has 0 aliphatic carbocycles. The minimum atomic E-state index is -4.93. The standard InChI is InChI=1S/C12H11F6NO3/c13-11(14,15)7-21-6-5-10(20)19-8-3-1-2-4-9(8)22-12(16,17)18/h1-4H,5-7H2,(H,19,20). The highest BCUT2D eigenvalue weighted by Gasteiger charge is 2.32. The highest BCUT2D eigenvalue weighted by molar-refractivity contribution is 5.92. The molecule has 0 aromatic heterocycles. The molecule has 1 aromatic carbocycles. The molecule has 124 valence electrons. The number of rotatable bonds is 6. The van der Waals surface area contributed by atoms with E-state index < -0.39 is 43.8 Å². The number of ether oxygens (including phenoxy) is 2. The van der Waals surface area contributed by atoms with Crippen molar-refractivity contribution in [3.63, 3.8) is 0 Å². The van der Waals surface area contributed by atoms with Gasteiger partial charge in [0.15, 0.2) is 5.75 Å². The van der Waals surface area contributed by atoms with E-state index in [1.807, 2.05) is 0 Å². The summed E-state index contributed by atoms with van der Waals surface area (Å²) in [7, 11) is 0. The van der Waals surface area contributed by atoms with Gasteiger partial charge in [-0.25, -0.2) is 0 Å². The van der Waals surface area contributed by atoms with Crippen LogP contribution in [0.3, 0.4) is 0 Å². The van der Waals surface area contributed by atoms with E-state index in [4.69, 9.17) is 0 Å². The summed E-state index contributed by atoms with van der Waals surface area (Å²) in [5.74, 6) is -1.43. The Kier molecular flexibility index (Phi) is 6.03. The average Bonchev–Trinajstić information content (AvgIpc) is 2.34. The van der Waals surface area contributed by atoms with Crippen LogP contribution in [0.4, 0.5) is 32.0 Å². The monoisotopic (exact) mass is 331 g/mol. The number of carbonyl (C=O) groups excluding carboxylic acids is 1. The van der Waals surface area contributed by atoms with Gasteiger partial charge in [0.25, 0.3) is 0 Å². The number of hydrogen-bond acceptors (Lipinski definition) is 3. The molecule has 0 atom stereocenters. The molecule has 10 heteroatoms. The number of para-hydroxylation sites is 2. The Labute approximate surface area is 121 Å². The Morgan fingerprint density at radius 1 is 1.09 bits per heavy atom. The summed E-state index contributed by atoms with van der Waals surface area (Å²) in [6.07, 6.45) is -9.89. The number of hydrogen-bond donors (Lipinski definition) is 1. The molecule has 0 saturated carbocycles. The van der Waals surface area contributed by atoms with Crippen LogP contribution in [0.5, 0.6) is 5.75 Å². The lowest BCUT2D eigenvalue weighted by Crippen LogP contribution is -2.21. The van der Waals surface area contributed by atoms with Crippen molar-refractivity contribution in [1.82, 2.24) is 0 Å². The molecule has 0 bridgehead atoms. The quantitative estimate of drug-likeness (QED) is 0.641. The summed E-state index contributed by atoms with van der Waals surface area (Å²) in [5.41, 5.74) is -0.249. The van der Waals surface area contributed by atoms with Gasteiger partial charge in [-0.3, -0.25) is 4.79 Å². The first-order chi connectivity index (χ1) is 10.1. The molecule has 0 heterocycles. The molecule has 1 rings (SSSR count). The number of halogens is 6. The van der Waals surface area contributed by atoms with Crippen molar-refractivity contribution in [3.05, 3.63) is 24.3 Å². The second kappa shape index (κ2) is 7.34. The van der Waals surface area contributed by atoms with Gasteiger partial charge in [0, 0.05) is 0 Å². The summed E-state index contributed by atoms with van der Waals surface area (Å²) >= 11 is 0. The largest absolute Gasteiger partial charge is 0.573 e. The molecule has 0 saturated heterocycles. The van der Waals surface area contributed by atoms with Gasteiger partial charge in [-0.1, -0.05) is 12.1 Å². The first-order valence-corrected chi connectivity index (χ1v) is 5.86. The number of anilines is 1. The average molecular weight is 331 g/mol. The highest BCUT2D eigenvalue weighted by Crippen LogP contribution is 2.29. The van der Waals surface area contributed by atoms with Gasteiger partial charge in [-0.05, 0) is 12.1 Å². The van der Waals surface area contributed by atoms with Crippen molar-refractivity contribution >= 4 is 11.6 Å². The van der Waals surface area contributed by atoms with Gasteiger partial charge in [0.05, 0.1) is 18.7 Å². The lowest BCUT2D eigenvalue weighted by atomic mass is 10.3. The second-order valence-corrected chi connectivity index (χ2v) is 4.01. The van der Waals surface area contributed by atoms with Crippen LogP contribution >= 0.6 is 0 Å². The van der Waals surface area contributed by atoms with E-state index in [-0.39, 0.29) is 5.69 Å². The smallest absolute Gasteiger partial charge is 0.404 e. The van der Waals surface area contributed by atoms with Gasteiger partial charge in [-0.2, -0.15) is 13.2 Å². The van der Waals surface area contributed by atoms with E-state index >= 15 is 0 Å². The maximum absolute atomic E-state index is 12.2. The van der Waals surface area contributed by atoms with Crippen molar-refractivity contribution in [2.75, 3.05) is 18.5 Å². The summed E-state index contributed by atoms with van der Waals surface area (Å²) in [5, 5.41) is 2.11. The van der Waals surface area contributed by atoms with Crippen LogP contribution in [-0.2, 0) is 9.53 Å². The maximum Gasteiger partial charge on any atom is 0.573 e. The van der Waals surface area contributed by atoms with Crippen LogP contribution in [0.15, 0.2) is 24.3 Å². The topological polar surface area (TPSA) is 47.6 Å². The predicted octanol–water partition coefficient (Wildman–Crippen LogP) is 3.49. The number of amides is 1. The summed E-state index contributed by atoms with van der Waals surface area (Å²) in [4.78, 5) is 11.4. The first kappa shape index (κ1) is 18.1. The predicted molar refractivity (Wildman–Crippen MR) is 63.2 cm³/mol. The summed E-state index contributed by atoms with van der Waals surface area (Å²) in [6, 6.07) is 4.78. The zero-order chi connectivity index (χ0) is 16.8. The lowest BCUT2D eigenvalue weighted by molar-refractivity contribution is -0.274. The minimum Gasteiger partial charge on any atom is -0.404 e. The molecular weight excluding hydrogens is 320 g/mol. The van der Waals surface area contributed by atoms with Gasteiger partial charge in [0.1, 0.15) is 6.61 Å². The minimum absolute atomic E-state index is 0.249. The lowest BCUT2D eigenvalue weighted by Gasteiger charge is -2.14. The first-order valence-electron chi connectivity index (χ1n) is 5.86. The van der Waals surface area contributed by atoms with Crippen LogP contribution < -0.4 is 10.1 Å². The van der Waals surface area contributed by atoms with E-state index in [2.05, 4.69) is 14.8 Å². The number of alkyl halides is 6. The molecule has 0 spiro atoms. The zero-order valence-electron chi connectivity index (χ0n) is 10.9. The van der Waals surface area contributed by atoms with E-state index in [0.717, 1.165) is 12.1 Å². The molecule has 1 aromatic rings. The van der Waals surface area contributed by atoms with E-state index in [0.29, 0.717) is 0 Å². The van der Waals surface area contributed by atoms with Gasteiger partial charge < -0.3 is 14.8 Å². The van der Waals surface area contributed by atoms with E-state index in [9.17, 15) is 31.1 Å². The normalized spacial score (nSPS) is 12.1. The van der Waals surface area contributed by atoms with Crippen molar-refractivity contribution in [2.24, 2.45) is 0 Å². The third-order valence-electron chi connectivity index (χ3n) is 2.13. The van der Waals surface area contributed by atoms with Crippen LogP contribution in [0.25, 0.3) is 0 Å². The Morgan fingerprint density at radius 3 is 2.32 bits per heavy atom. The molecule has 0 aliphatic heterocycles. The summed E-state index contributed by atoms with van der Waals surface area (Å²) < 4.78 is 79.8. The third-order valence-corrected chi connectivity index (χ3v) is 2.13. The van der Waals surface area contributed by atoms with Crippen molar-refractivity contribution < 1.29 is 40.6 Å². The fourth-order valence-electron chi connectivity index (χ4n) is 1.35. The molecule has 0 aliphatic rings. The molecule has 22 heavy (non-hydrogen) atoms. The zero-order valence-corrected chi connectivity index (χ0v) is 10.9. The molecule has 0 fully saturated rings. The van der Waals surface area contributed by atoms with E-state index in [1.54, 1.807) is 0 Å². The molecule has 1 N–H and O–H groups in total. The Hall–Kier alpha value is -1.97. The Morgan fingerprint density at radius 2 is 1.73 bits per heavy atom. The van der Waals surface area contributed by atoms with Gasteiger partial charge in [-0.15, -0.1) is 13.2 Å². The third kappa shape index (κ3) is 7.72. The van der Waals surface area contributed by atoms with Crippen molar-refractivity contribution in [1.29, 1.82) is 0 Å². The number of carbonyl (C=O) groups is 1. The van der Waals surface area contributed by atoms with E-state index in [1.165, 1.54) is 12.1 Å². The molecule has 0 unspecified atom stereocenters. The van der Waals surface area contributed by atoms with Crippen LogP contribution in [0.1, 0.15) is 6.42 Å². The highest BCUT2D eigenvalue weighted by atomic mass is 19.4. The fourth-order valence-corrected chi connectivity index (χ4v) is 1.35. The number of benzene rings is 1. The van der Waals surface area contributed by atoms with Gasteiger partial charge in [0.2, 0.25) is 5.91 Å². The number of nitrogens with one attached hydrogen (secondary N) is 1. The Bertz CT molecular complexity index is 500. The molecular formula is C12H11F6NO3. The second-order valence-electron chi connectivity index (χ2n) is 4.01. The fraction of sp³-hybridized carbons (Fsp3) is 0.417. The maximum atomic E-state index is 12.2. The van der Waals surface area contributed by atoms with Crippen LogP contribution in [0, 0.1) is 0 Å². The molecule has 0 radical (unpaired) electrons. The van der Waals surface area contributed by atoms with Crippen molar-refractivity contribution in [2.45, 2.75) is 19.0 Å². The van der Waals surface area contributed by atoms with Crippen LogP contribution in [-0.4, -0.2) is 31.7 Å². The van der Waals surface area contributed by atoms with Gasteiger partial charge >= 0.3 is 12.5 Å². The summed E-state index contributed by atoms with van der Waals surface area (Å²) in [6.45, 7) is -2.03. The molecule has 1 amide bonds.